The molecule has 27 heavy (non-hydrogen) atoms. The molecule has 0 unspecified atom stereocenters. The number of amides is 2. The lowest BCUT2D eigenvalue weighted by molar-refractivity contribution is -0.142. The summed E-state index contributed by atoms with van der Waals surface area (Å²) < 4.78 is 13.8. The van der Waals surface area contributed by atoms with Crippen molar-refractivity contribution in [1.29, 1.82) is 0 Å². The minimum Gasteiger partial charge on any atom is -0.338 e. The van der Waals surface area contributed by atoms with Gasteiger partial charge in [-0.05, 0) is 31.0 Å². The van der Waals surface area contributed by atoms with E-state index in [4.69, 9.17) is 0 Å². The number of hydrogen-bond donors (Lipinski definition) is 1. The molecule has 0 bridgehead atoms. The number of hydrogen-bond acceptors (Lipinski definition) is 5. The first kappa shape index (κ1) is 17.4. The molecule has 1 saturated heterocycles. The third-order valence-corrected chi connectivity index (χ3v) is 5.12. The second-order valence-corrected chi connectivity index (χ2v) is 6.84. The van der Waals surface area contributed by atoms with Gasteiger partial charge in [0.15, 0.2) is 0 Å². The van der Waals surface area contributed by atoms with Crippen LogP contribution in [0.1, 0.15) is 12.8 Å². The van der Waals surface area contributed by atoms with Crippen molar-refractivity contribution in [2.45, 2.75) is 12.8 Å². The van der Waals surface area contributed by atoms with Gasteiger partial charge in [-0.2, -0.15) is 0 Å². The van der Waals surface area contributed by atoms with Gasteiger partial charge in [-0.25, -0.2) is 14.4 Å². The number of carbonyl (C=O) groups is 2. The van der Waals surface area contributed by atoms with Gasteiger partial charge in [-0.15, -0.1) is 0 Å². The van der Waals surface area contributed by atoms with Gasteiger partial charge in [0, 0.05) is 38.6 Å². The van der Waals surface area contributed by atoms with E-state index < -0.39 is 17.1 Å². The molecular formula is C19H20FN5O2. The van der Waals surface area contributed by atoms with Crippen molar-refractivity contribution < 1.29 is 14.0 Å². The average molecular weight is 369 g/mol. The zero-order valence-corrected chi connectivity index (χ0v) is 14.8. The Labute approximate surface area is 156 Å². The van der Waals surface area contributed by atoms with Crippen LogP contribution in [0.4, 0.5) is 16.0 Å². The van der Waals surface area contributed by atoms with Crippen molar-refractivity contribution in [2.24, 2.45) is 5.41 Å². The van der Waals surface area contributed by atoms with Crippen LogP contribution < -0.4 is 10.2 Å². The molecule has 1 aromatic heterocycles. The summed E-state index contributed by atoms with van der Waals surface area (Å²) in [5.74, 6) is -0.468. The molecule has 2 aromatic rings. The Morgan fingerprint density at radius 3 is 2.30 bits per heavy atom. The number of carbonyl (C=O) groups excluding carboxylic acids is 2. The normalized spacial score (nSPS) is 18.1. The highest BCUT2D eigenvalue weighted by molar-refractivity contribution is 6.13. The highest BCUT2D eigenvalue weighted by atomic mass is 19.1. The van der Waals surface area contributed by atoms with E-state index in [1.54, 1.807) is 35.5 Å². The third-order valence-electron chi connectivity index (χ3n) is 5.12. The van der Waals surface area contributed by atoms with Crippen LogP contribution >= 0.6 is 0 Å². The molecule has 140 valence electrons. The van der Waals surface area contributed by atoms with Crippen LogP contribution in [0.5, 0.6) is 0 Å². The largest absolute Gasteiger partial charge is 0.338 e. The van der Waals surface area contributed by atoms with Crippen LogP contribution in [0.2, 0.25) is 0 Å². The highest BCUT2D eigenvalue weighted by Gasteiger charge is 2.58. The van der Waals surface area contributed by atoms with Gasteiger partial charge in [0.05, 0.1) is 5.69 Å². The summed E-state index contributed by atoms with van der Waals surface area (Å²) in [4.78, 5) is 37.8. The maximum Gasteiger partial charge on any atom is 0.240 e. The van der Waals surface area contributed by atoms with E-state index in [1.807, 2.05) is 4.90 Å². The van der Waals surface area contributed by atoms with Crippen molar-refractivity contribution in [3.8, 4) is 0 Å². The molecule has 0 radical (unpaired) electrons. The van der Waals surface area contributed by atoms with Gasteiger partial charge in [0.1, 0.15) is 11.2 Å². The van der Waals surface area contributed by atoms with E-state index in [9.17, 15) is 14.0 Å². The monoisotopic (exact) mass is 369 g/mol. The standard InChI is InChI=1S/C19H20FN5O2/c20-14-4-1-2-5-15(14)23-16(26)19(6-7-19)17(27)24-10-12-25(13-11-24)18-21-8-3-9-22-18/h1-5,8-9H,6-7,10-13H2,(H,23,26). The molecule has 1 aliphatic carbocycles. The molecule has 1 aromatic carbocycles. The maximum absolute atomic E-state index is 13.8. The van der Waals surface area contributed by atoms with Crippen molar-refractivity contribution in [3.05, 3.63) is 48.5 Å². The second-order valence-electron chi connectivity index (χ2n) is 6.84. The van der Waals surface area contributed by atoms with Gasteiger partial charge in [-0.3, -0.25) is 9.59 Å². The Balaban J connectivity index is 1.39. The van der Waals surface area contributed by atoms with Crippen molar-refractivity contribution in [2.75, 3.05) is 36.4 Å². The van der Waals surface area contributed by atoms with E-state index in [0.717, 1.165) is 0 Å². The molecule has 2 fully saturated rings. The number of nitrogens with one attached hydrogen (secondary N) is 1. The number of anilines is 2. The predicted molar refractivity (Wildman–Crippen MR) is 97.5 cm³/mol. The molecule has 1 saturated carbocycles. The summed E-state index contributed by atoms with van der Waals surface area (Å²) in [5.41, 5.74) is -0.958. The van der Waals surface area contributed by atoms with E-state index in [1.165, 1.54) is 12.1 Å². The summed E-state index contributed by atoms with van der Waals surface area (Å²) in [5, 5.41) is 2.58. The summed E-state index contributed by atoms with van der Waals surface area (Å²) in [6.45, 7) is 2.24. The molecule has 4 rings (SSSR count). The average Bonchev–Trinajstić information content (AvgIpc) is 3.52. The maximum atomic E-state index is 13.8. The van der Waals surface area contributed by atoms with E-state index >= 15 is 0 Å². The van der Waals surface area contributed by atoms with Crippen molar-refractivity contribution >= 4 is 23.5 Å². The SMILES string of the molecule is O=C(Nc1ccccc1F)C1(C(=O)N2CCN(c3ncccn3)CC2)CC1. The fourth-order valence-electron chi connectivity index (χ4n) is 3.33. The Hall–Kier alpha value is -3.03. The molecule has 2 amide bonds. The minimum absolute atomic E-state index is 0.104. The molecule has 0 atom stereocenters. The first-order chi connectivity index (χ1) is 13.1. The Kier molecular flexibility index (Phi) is 4.47. The number of aromatic nitrogens is 2. The minimum atomic E-state index is -1.06. The first-order valence-electron chi connectivity index (χ1n) is 8.97. The van der Waals surface area contributed by atoms with Crippen LogP contribution in [0.25, 0.3) is 0 Å². The first-order valence-corrected chi connectivity index (χ1v) is 8.97. The fourth-order valence-corrected chi connectivity index (χ4v) is 3.33. The van der Waals surface area contributed by atoms with Crippen LogP contribution in [0.3, 0.4) is 0 Å². The summed E-state index contributed by atoms with van der Waals surface area (Å²) in [6.07, 6.45) is 4.36. The number of halogens is 1. The zero-order valence-electron chi connectivity index (χ0n) is 14.8. The van der Waals surface area contributed by atoms with E-state index in [0.29, 0.717) is 45.0 Å². The van der Waals surface area contributed by atoms with Crippen molar-refractivity contribution in [3.63, 3.8) is 0 Å². The number of benzene rings is 1. The highest BCUT2D eigenvalue weighted by Crippen LogP contribution is 2.48. The zero-order chi connectivity index (χ0) is 18.9. The molecule has 0 spiro atoms. The Bertz CT molecular complexity index is 848. The smallest absolute Gasteiger partial charge is 0.240 e. The molecule has 2 heterocycles. The predicted octanol–water partition coefficient (Wildman–Crippen LogP) is 1.68. The molecule has 2 aliphatic rings. The lowest BCUT2D eigenvalue weighted by atomic mass is 10.0. The van der Waals surface area contributed by atoms with Gasteiger partial charge in [0.2, 0.25) is 17.8 Å². The summed E-state index contributed by atoms with van der Waals surface area (Å²) >= 11 is 0. The van der Waals surface area contributed by atoms with Gasteiger partial charge < -0.3 is 15.1 Å². The molecule has 1 N–H and O–H groups in total. The number of nitrogens with zero attached hydrogens (tertiary/aromatic N) is 4. The summed E-state index contributed by atoms with van der Waals surface area (Å²) in [6, 6.07) is 7.73. The van der Waals surface area contributed by atoms with Crippen molar-refractivity contribution in [1.82, 2.24) is 14.9 Å². The van der Waals surface area contributed by atoms with E-state index in [2.05, 4.69) is 15.3 Å². The van der Waals surface area contributed by atoms with Crippen LogP contribution in [0, 0.1) is 11.2 Å². The second kappa shape index (κ2) is 6.94. The Morgan fingerprint density at radius 2 is 1.67 bits per heavy atom. The molecule has 7 nitrogen and oxygen atoms in total. The third kappa shape index (κ3) is 3.34. The van der Waals surface area contributed by atoms with Gasteiger partial charge in [-0.1, -0.05) is 12.1 Å². The molecular weight excluding hydrogens is 349 g/mol. The number of piperazine rings is 1. The van der Waals surface area contributed by atoms with Gasteiger partial charge >= 0.3 is 0 Å². The topological polar surface area (TPSA) is 78.4 Å². The molecule has 8 heteroatoms. The van der Waals surface area contributed by atoms with Crippen LogP contribution in [-0.4, -0.2) is 52.9 Å². The lowest BCUT2D eigenvalue weighted by Crippen LogP contribution is -2.53. The fraction of sp³-hybridized carbons (Fsp3) is 0.368. The summed E-state index contributed by atoms with van der Waals surface area (Å²) in [7, 11) is 0. The number of rotatable bonds is 4. The van der Waals surface area contributed by atoms with Gasteiger partial charge in [0.25, 0.3) is 0 Å². The Morgan fingerprint density at radius 1 is 1.00 bits per heavy atom. The molecule has 1 aliphatic heterocycles. The lowest BCUT2D eigenvalue weighted by Gasteiger charge is -2.36. The van der Waals surface area contributed by atoms with E-state index in [-0.39, 0.29) is 11.6 Å². The quantitative estimate of drug-likeness (QED) is 0.830. The van der Waals surface area contributed by atoms with Crippen LogP contribution in [0.15, 0.2) is 42.7 Å². The van der Waals surface area contributed by atoms with Crippen LogP contribution in [-0.2, 0) is 9.59 Å². The number of para-hydroxylation sites is 1.